The molecule has 0 bridgehead atoms. The average Bonchev–Trinajstić information content (AvgIpc) is 2.26. The maximum absolute atomic E-state index is 4.85. The quantitative estimate of drug-likeness (QED) is 0.338. The standard InChI is InChI=1S/C10H14N4/c1-3-9-4-6-10(7-5-9)8(2)12-14-13-11/h4-7H,3H2,1-2H3,(H2,11,14)/b12-8+. The molecule has 0 aromatic heterocycles. The second-order valence-electron chi connectivity index (χ2n) is 2.94. The molecule has 0 amide bonds. The van der Waals surface area contributed by atoms with Crippen LogP contribution in [-0.2, 0) is 6.42 Å². The van der Waals surface area contributed by atoms with Gasteiger partial charge < -0.3 is 5.84 Å². The Morgan fingerprint density at radius 3 is 2.43 bits per heavy atom. The Morgan fingerprint density at radius 1 is 1.29 bits per heavy atom. The van der Waals surface area contributed by atoms with E-state index in [2.05, 4.69) is 34.6 Å². The highest BCUT2D eigenvalue weighted by molar-refractivity contribution is 5.98. The van der Waals surface area contributed by atoms with Crippen LogP contribution in [0, 0.1) is 0 Å². The van der Waals surface area contributed by atoms with Gasteiger partial charge in [0.2, 0.25) is 0 Å². The van der Waals surface area contributed by atoms with Crippen molar-refractivity contribution in [3.8, 4) is 0 Å². The van der Waals surface area contributed by atoms with Gasteiger partial charge in [0.15, 0.2) is 0 Å². The second-order valence-corrected chi connectivity index (χ2v) is 2.94. The van der Waals surface area contributed by atoms with E-state index in [0.717, 1.165) is 17.7 Å². The zero-order chi connectivity index (χ0) is 10.4. The van der Waals surface area contributed by atoms with Crippen molar-refractivity contribution < 1.29 is 0 Å². The molecule has 1 rings (SSSR count). The molecule has 0 saturated heterocycles. The van der Waals surface area contributed by atoms with Gasteiger partial charge in [0.05, 0.1) is 5.71 Å². The highest BCUT2D eigenvalue weighted by Crippen LogP contribution is 2.06. The molecule has 0 atom stereocenters. The van der Waals surface area contributed by atoms with Crippen molar-refractivity contribution in [3.63, 3.8) is 0 Å². The van der Waals surface area contributed by atoms with E-state index in [0.29, 0.717) is 0 Å². The van der Waals surface area contributed by atoms with Crippen molar-refractivity contribution in [1.82, 2.24) is 0 Å². The predicted molar refractivity (Wildman–Crippen MR) is 57.1 cm³/mol. The summed E-state index contributed by atoms with van der Waals surface area (Å²) in [7, 11) is 0. The third-order valence-electron chi connectivity index (χ3n) is 2.03. The van der Waals surface area contributed by atoms with Gasteiger partial charge in [-0.1, -0.05) is 36.4 Å². The van der Waals surface area contributed by atoms with E-state index in [-0.39, 0.29) is 0 Å². The summed E-state index contributed by atoms with van der Waals surface area (Å²) in [4.78, 5) is 0. The minimum absolute atomic E-state index is 0.807. The summed E-state index contributed by atoms with van der Waals surface area (Å²) in [6.07, 6.45) is 1.04. The number of hydrogen-bond acceptors (Lipinski definition) is 2. The van der Waals surface area contributed by atoms with Gasteiger partial charge in [-0.15, -0.1) is 5.10 Å². The maximum Gasteiger partial charge on any atom is 0.0690 e. The van der Waals surface area contributed by atoms with Gasteiger partial charge in [-0.2, -0.15) is 0 Å². The van der Waals surface area contributed by atoms with Crippen LogP contribution in [0.5, 0.6) is 0 Å². The highest BCUT2D eigenvalue weighted by Gasteiger charge is 1.96. The third-order valence-corrected chi connectivity index (χ3v) is 2.03. The van der Waals surface area contributed by atoms with Crippen LogP contribution in [0.15, 0.2) is 39.8 Å². The van der Waals surface area contributed by atoms with E-state index in [1.807, 2.05) is 19.1 Å². The first-order valence-electron chi connectivity index (χ1n) is 4.51. The molecule has 0 unspecified atom stereocenters. The van der Waals surface area contributed by atoms with Crippen molar-refractivity contribution in [3.05, 3.63) is 35.4 Å². The number of nitrogens with two attached hydrogens (primary N) is 1. The normalized spacial score (nSPS) is 12.3. The number of rotatable bonds is 3. The average molecular weight is 190 g/mol. The summed E-state index contributed by atoms with van der Waals surface area (Å²) in [5, 5.41) is 10.3. The van der Waals surface area contributed by atoms with Crippen LogP contribution in [0.4, 0.5) is 0 Å². The fourth-order valence-electron chi connectivity index (χ4n) is 1.13. The van der Waals surface area contributed by atoms with Crippen LogP contribution in [0.25, 0.3) is 0 Å². The monoisotopic (exact) mass is 190 g/mol. The highest BCUT2D eigenvalue weighted by atomic mass is 15.5. The zero-order valence-corrected chi connectivity index (χ0v) is 8.44. The Morgan fingerprint density at radius 2 is 1.93 bits per heavy atom. The number of aryl methyl sites for hydroxylation is 1. The minimum Gasteiger partial charge on any atom is -0.303 e. The lowest BCUT2D eigenvalue weighted by atomic mass is 10.1. The van der Waals surface area contributed by atoms with E-state index in [9.17, 15) is 0 Å². The lowest BCUT2D eigenvalue weighted by molar-refractivity contribution is 0.955. The first kappa shape index (κ1) is 10.4. The van der Waals surface area contributed by atoms with Crippen LogP contribution in [0.1, 0.15) is 25.0 Å². The molecule has 0 heterocycles. The Balaban J connectivity index is 2.86. The molecule has 0 spiro atoms. The van der Waals surface area contributed by atoms with Crippen molar-refractivity contribution in [2.45, 2.75) is 20.3 Å². The summed E-state index contributed by atoms with van der Waals surface area (Å²) in [6, 6.07) is 8.19. The number of nitrogens with zero attached hydrogens (tertiary/aromatic N) is 3. The van der Waals surface area contributed by atoms with Gasteiger partial charge in [-0.05, 0) is 29.7 Å². The van der Waals surface area contributed by atoms with Crippen LogP contribution < -0.4 is 5.84 Å². The van der Waals surface area contributed by atoms with Crippen molar-refractivity contribution >= 4 is 5.71 Å². The molecule has 74 valence electrons. The molecule has 4 nitrogen and oxygen atoms in total. The smallest absolute Gasteiger partial charge is 0.0690 e. The van der Waals surface area contributed by atoms with Gasteiger partial charge in [0.25, 0.3) is 0 Å². The molecule has 0 radical (unpaired) electrons. The molecule has 0 fully saturated rings. The Labute approximate surface area is 83.5 Å². The van der Waals surface area contributed by atoms with Crippen LogP contribution >= 0.6 is 0 Å². The lowest BCUT2D eigenvalue weighted by Crippen LogP contribution is -1.94. The molecule has 1 aromatic carbocycles. The van der Waals surface area contributed by atoms with Crippen molar-refractivity contribution in [1.29, 1.82) is 0 Å². The molecule has 1 aromatic rings. The van der Waals surface area contributed by atoms with Gasteiger partial charge >= 0.3 is 0 Å². The topological polar surface area (TPSA) is 63.1 Å². The molecule has 0 saturated carbocycles. The molecular weight excluding hydrogens is 176 g/mol. The van der Waals surface area contributed by atoms with E-state index in [4.69, 9.17) is 5.84 Å². The molecule has 0 aliphatic rings. The first-order valence-corrected chi connectivity index (χ1v) is 4.51. The maximum atomic E-state index is 4.85. The third kappa shape index (κ3) is 2.65. The summed E-state index contributed by atoms with van der Waals surface area (Å²) in [5.41, 5.74) is 3.15. The zero-order valence-electron chi connectivity index (χ0n) is 8.44. The molecule has 4 heteroatoms. The Bertz CT molecular complexity index is 338. The molecule has 2 N–H and O–H groups in total. The largest absolute Gasteiger partial charge is 0.303 e. The van der Waals surface area contributed by atoms with E-state index < -0.39 is 0 Å². The Kier molecular flexibility index (Phi) is 3.79. The summed E-state index contributed by atoms with van der Waals surface area (Å²) >= 11 is 0. The molecular formula is C10H14N4. The Hall–Kier alpha value is -1.71. The van der Waals surface area contributed by atoms with Crippen LogP contribution in [0.3, 0.4) is 0 Å². The fraction of sp³-hybridized carbons (Fsp3) is 0.300. The molecule has 14 heavy (non-hydrogen) atoms. The van der Waals surface area contributed by atoms with Gasteiger partial charge in [-0.25, -0.2) is 0 Å². The predicted octanol–water partition coefficient (Wildman–Crippen LogP) is 2.30. The SMILES string of the molecule is CCc1ccc(/C(C)=N/N=N\N)cc1. The molecule has 0 aliphatic heterocycles. The van der Waals surface area contributed by atoms with E-state index >= 15 is 0 Å². The van der Waals surface area contributed by atoms with E-state index in [1.165, 1.54) is 5.56 Å². The second kappa shape index (κ2) is 5.11. The van der Waals surface area contributed by atoms with Crippen LogP contribution in [-0.4, -0.2) is 5.71 Å². The van der Waals surface area contributed by atoms with Gasteiger partial charge in [0.1, 0.15) is 0 Å². The summed E-state index contributed by atoms with van der Waals surface area (Å²) in [6.45, 7) is 3.99. The fourth-order valence-corrected chi connectivity index (χ4v) is 1.13. The number of benzene rings is 1. The van der Waals surface area contributed by atoms with Gasteiger partial charge in [0, 0.05) is 0 Å². The van der Waals surface area contributed by atoms with Crippen molar-refractivity contribution in [2.24, 2.45) is 21.4 Å². The van der Waals surface area contributed by atoms with Crippen LogP contribution in [0.2, 0.25) is 0 Å². The summed E-state index contributed by atoms with van der Waals surface area (Å²) < 4.78 is 0. The molecule has 0 aliphatic carbocycles. The first-order chi connectivity index (χ1) is 6.77. The minimum atomic E-state index is 0.807. The van der Waals surface area contributed by atoms with E-state index in [1.54, 1.807) is 0 Å². The number of hydrogen-bond donors (Lipinski definition) is 1. The summed E-state index contributed by atoms with van der Waals surface area (Å²) in [5.74, 6) is 4.85. The van der Waals surface area contributed by atoms with Crippen molar-refractivity contribution in [2.75, 3.05) is 0 Å². The lowest BCUT2D eigenvalue weighted by Gasteiger charge is -1.99. The van der Waals surface area contributed by atoms with Gasteiger partial charge in [-0.3, -0.25) is 0 Å².